The molecule has 0 radical (unpaired) electrons. The third kappa shape index (κ3) is 2.93. The van der Waals surface area contributed by atoms with Crippen LogP contribution in [-0.4, -0.2) is 23.6 Å². The molecule has 0 aliphatic carbocycles. The maximum Gasteiger partial charge on any atom is 0.146 e. The monoisotopic (exact) mass is 234 g/mol. The maximum atomic E-state index is 4.33. The van der Waals surface area contributed by atoms with Crippen LogP contribution < -0.4 is 10.6 Å². The lowest BCUT2D eigenvalue weighted by Gasteiger charge is -2.05. The van der Waals surface area contributed by atoms with E-state index in [1.54, 1.807) is 23.7 Å². The molecule has 2 aromatic rings. The number of nitrogens with one attached hydrogen (secondary N) is 2. The van der Waals surface area contributed by atoms with Crippen LogP contribution in [0.25, 0.3) is 0 Å². The van der Waals surface area contributed by atoms with Gasteiger partial charge in [-0.3, -0.25) is 4.98 Å². The van der Waals surface area contributed by atoms with E-state index in [2.05, 4.69) is 37.4 Å². The molecule has 4 nitrogen and oxygen atoms in total. The van der Waals surface area contributed by atoms with E-state index in [1.165, 1.54) is 5.56 Å². The fourth-order valence-electron chi connectivity index (χ4n) is 1.34. The summed E-state index contributed by atoms with van der Waals surface area (Å²) in [5, 5.41) is 10.5. The normalized spacial score (nSPS) is 10.1. The molecule has 16 heavy (non-hydrogen) atoms. The van der Waals surface area contributed by atoms with Gasteiger partial charge in [-0.2, -0.15) is 11.3 Å². The van der Waals surface area contributed by atoms with Gasteiger partial charge in [0.1, 0.15) is 11.6 Å². The predicted octanol–water partition coefficient (Wildman–Crippen LogP) is 2.23. The second-order valence-corrected chi connectivity index (χ2v) is 4.13. The van der Waals surface area contributed by atoms with Crippen LogP contribution >= 0.6 is 11.3 Å². The number of hydrogen-bond acceptors (Lipinski definition) is 5. The molecule has 0 atom stereocenters. The molecule has 84 valence electrons. The SMILES string of the molecule is CNc1cncc(NCCc2ccsc2)n1. The van der Waals surface area contributed by atoms with Gasteiger partial charge in [-0.05, 0) is 28.8 Å². The molecule has 0 fully saturated rings. The van der Waals surface area contributed by atoms with Crippen molar-refractivity contribution in [2.45, 2.75) is 6.42 Å². The summed E-state index contributed by atoms with van der Waals surface area (Å²) in [5.41, 5.74) is 1.36. The number of rotatable bonds is 5. The standard InChI is InChI=1S/C11H14N4S/c1-12-10-6-13-7-11(15-10)14-4-2-9-3-5-16-8-9/h3,5-8H,2,4H2,1H3,(H2,12,14,15). The fraction of sp³-hybridized carbons (Fsp3) is 0.273. The van der Waals surface area contributed by atoms with Crippen molar-refractivity contribution < 1.29 is 0 Å². The first-order valence-electron chi connectivity index (χ1n) is 5.13. The Morgan fingerprint density at radius 2 is 2.19 bits per heavy atom. The first-order chi connectivity index (χ1) is 7.88. The van der Waals surface area contributed by atoms with E-state index in [4.69, 9.17) is 0 Å². The van der Waals surface area contributed by atoms with Crippen LogP contribution in [0.1, 0.15) is 5.56 Å². The van der Waals surface area contributed by atoms with Crippen molar-refractivity contribution in [2.24, 2.45) is 0 Å². The summed E-state index contributed by atoms with van der Waals surface area (Å²) in [5.74, 6) is 1.59. The lowest BCUT2D eigenvalue weighted by Crippen LogP contribution is -2.07. The van der Waals surface area contributed by atoms with Crippen LogP contribution in [-0.2, 0) is 6.42 Å². The fourth-order valence-corrected chi connectivity index (χ4v) is 2.04. The third-order valence-corrected chi connectivity index (χ3v) is 2.92. The number of aromatic nitrogens is 2. The molecule has 0 saturated carbocycles. The van der Waals surface area contributed by atoms with Crippen molar-refractivity contribution in [2.75, 3.05) is 24.2 Å². The molecular formula is C11H14N4S. The minimum Gasteiger partial charge on any atom is -0.372 e. The Kier molecular flexibility index (Phi) is 3.71. The zero-order valence-corrected chi connectivity index (χ0v) is 9.92. The van der Waals surface area contributed by atoms with Crippen LogP contribution in [0.3, 0.4) is 0 Å². The molecule has 0 amide bonds. The number of nitrogens with zero attached hydrogens (tertiary/aromatic N) is 2. The average Bonchev–Trinajstić information content (AvgIpc) is 2.82. The third-order valence-electron chi connectivity index (χ3n) is 2.19. The summed E-state index contributed by atoms with van der Waals surface area (Å²) >= 11 is 1.73. The lowest BCUT2D eigenvalue weighted by atomic mass is 10.2. The number of anilines is 2. The maximum absolute atomic E-state index is 4.33. The minimum absolute atomic E-state index is 0.778. The molecule has 0 aromatic carbocycles. The highest BCUT2D eigenvalue weighted by molar-refractivity contribution is 7.07. The van der Waals surface area contributed by atoms with Crippen LogP contribution in [0, 0.1) is 0 Å². The van der Waals surface area contributed by atoms with Gasteiger partial charge in [0.15, 0.2) is 0 Å². The summed E-state index contributed by atoms with van der Waals surface area (Å²) in [6.45, 7) is 0.874. The van der Waals surface area contributed by atoms with Crippen molar-refractivity contribution in [1.82, 2.24) is 9.97 Å². The van der Waals surface area contributed by atoms with Crippen molar-refractivity contribution in [1.29, 1.82) is 0 Å². The Hall–Kier alpha value is -1.62. The van der Waals surface area contributed by atoms with E-state index in [0.29, 0.717) is 0 Å². The minimum atomic E-state index is 0.778. The van der Waals surface area contributed by atoms with Gasteiger partial charge in [0.05, 0.1) is 12.4 Å². The molecule has 0 spiro atoms. The molecule has 2 N–H and O–H groups in total. The topological polar surface area (TPSA) is 49.8 Å². The molecular weight excluding hydrogens is 220 g/mol. The molecule has 0 aliphatic rings. The van der Waals surface area contributed by atoms with Crippen molar-refractivity contribution >= 4 is 23.0 Å². The Balaban J connectivity index is 1.85. The summed E-state index contributed by atoms with van der Waals surface area (Å²) in [6.07, 6.45) is 4.44. The Labute approximate surface area is 98.8 Å². The largest absolute Gasteiger partial charge is 0.372 e. The van der Waals surface area contributed by atoms with E-state index in [9.17, 15) is 0 Å². The van der Waals surface area contributed by atoms with Gasteiger partial charge in [0.25, 0.3) is 0 Å². The van der Waals surface area contributed by atoms with E-state index in [-0.39, 0.29) is 0 Å². The summed E-state index contributed by atoms with van der Waals surface area (Å²) in [6, 6.07) is 2.14. The second kappa shape index (κ2) is 5.46. The highest BCUT2D eigenvalue weighted by Crippen LogP contribution is 2.08. The Morgan fingerprint density at radius 3 is 2.94 bits per heavy atom. The highest BCUT2D eigenvalue weighted by atomic mass is 32.1. The zero-order valence-electron chi connectivity index (χ0n) is 9.10. The van der Waals surface area contributed by atoms with Gasteiger partial charge in [0, 0.05) is 13.6 Å². The van der Waals surface area contributed by atoms with E-state index in [1.807, 2.05) is 7.05 Å². The van der Waals surface area contributed by atoms with E-state index < -0.39 is 0 Å². The molecule has 0 unspecified atom stereocenters. The van der Waals surface area contributed by atoms with Crippen molar-refractivity contribution in [3.8, 4) is 0 Å². The molecule has 0 saturated heterocycles. The van der Waals surface area contributed by atoms with Gasteiger partial charge >= 0.3 is 0 Å². The molecule has 2 aromatic heterocycles. The summed E-state index contributed by atoms with van der Waals surface area (Å²) in [7, 11) is 1.83. The van der Waals surface area contributed by atoms with Gasteiger partial charge < -0.3 is 10.6 Å². The number of hydrogen-bond donors (Lipinski definition) is 2. The molecule has 2 rings (SSSR count). The van der Waals surface area contributed by atoms with Crippen LogP contribution in [0.4, 0.5) is 11.6 Å². The number of thiophene rings is 1. The van der Waals surface area contributed by atoms with E-state index >= 15 is 0 Å². The lowest BCUT2D eigenvalue weighted by molar-refractivity contribution is 1.01. The summed E-state index contributed by atoms with van der Waals surface area (Å²) in [4.78, 5) is 8.41. The van der Waals surface area contributed by atoms with Crippen LogP contribution in [0.2, 0.25) is 0 Å². The first-order valence-corrected chi connectivity index (χ1v) is 6.07. The average molecular weight is 234 g/mol. The quantitative estimate of drug-likeness (QED) is 0.833. The van der Waals surface area contributed by atoms with Crippen LogP contribution in [0.5, 0.6) is 0 Å². The Morgan fingerprint density at radius 1 is 1.31 bits per heavy atom. The van der Waals surface area contributed by atoms with E-state index in [0.717, 1.165) is 24.6 Å². The predicted molar refractivity (Wildman–Crippen MR) is 68.1 cm³/mol. The molecule has 2 heterocycles. The molecule has 5 heteroatoms. The van der Waals surface area contributed by atoms with Crippen molar-refractivity contribution in [3.63, 3.8) is 0 Å². The molecule has 0 bridgehead atoms. The smallest absolute Gasteiger partial charge is 0.146 e. The summed E-state index contributed by atoms with van der Waals surface area (Å²) < 4.78 is 0. The second-order valence-electron chi connectivity index (χ2n) is 3.35. The van der Waals surface area contributed by atoms with Gasteiger partial charge in [-0.1, -0.05) is 0 Å². The highest BCUT2D eigenvalue weighted by Gasteiger charge is 1.97. The van der Waals surface area contributed by atoms with Crippen molar-refractivity contribution in [3.05, 3.63) is 34.8 Å². The van der Waals surface area contributed by atoms with Gasteiger partial charge in [0.2, 0.25) is 0 Å². The van der Waals surface area contributed by atoms with Gasteiger partial charge in [-0.25, -0.2) is 4.98 Å². The van der Waals surface area contributed by atoms with Crippen LogP contribution in [0.15, 0.2) is 29.2 Å². The Bertz CT molecular complexity index is 427. The molecule has 0 aliphatic heterocycles. The van der Waals surface area contributed by atoms with Gasteiger partial charge in [-0.15, -0.1) is 0 Å². The zero-order chi connectivity index (χ0) is 11.2. The first kappa shape index (κ1) is 10.9.